The second kappa shape index (κ2) is 6.18. The molecule has 0 spiro atoms. The Morgan fingerprint density at radius 1 is 1.25 bits per heavy atom. The zero-order chi connectivity index (χ0) is 14.5. The van der Waals surface area contributed by atoms with Crippen molar-refractivity contribution >= 4 is 17.3 Å². The third-order valence-corrected chi connectivity index (χ3v) is 3.32. The van der Waals surface area contributed by atoms with Crippen LogP contribution in [0.3, 0.4) is 0 Å². The molecule has 5 heteroatoms. The van der Waals surface area contributed by atoms with Gasteiger partial charge in [-0.15, -0.1) is 0 Å². The molecule has 2 aromatic rings. The molecule has 0 fully saturated rings. The van der Waals surface area contributed by atoms with Gasteiger partial charge in [0.1, 0.15) is 5.02 Å². The Bertz CT molecular complexity index is 665. The van der Waals surface area contributed by atoms with E-state index in [1.807, 2.05) is 30.3 Å². The van der Waals surface area contributed by atoms with Crippen molar-refractivity contribution in [3.63, 3.8) is 0 Å². The van der Waals surface area contributed by atoms with Crippen LogP contribution in [0.4, 0.5) is 5.69 Å². The summed E-state index contributed by atoms with van der Waals surface area (Å²) < 4.78 is 0. The van der Waals surface area contributed by atoms with Crippen LogP contribution in [0.2, 0.25) is 5.02 Å². The van der Waals surface area contributed by atoms with Crippen LogP contribution in [0.25, 0.3) is 0 Å². The first-order valence-electron chi connectivity index (χ1n) is 5.99. The predicted molar refractivity (Wildman–Crippen MR) is 76.6 cm³/mol. The van der Waals surface area contributed by atoms with E-state index < -0.39 is 4.92 Å². The van der Waals surface area contributed by atoms with E-state index >= 15 is 0 Å². The van der Waals surface area contributed by atoms with Crippen LogP contribution in [0.15, 0.2) is 48.5 Å². The molecule has 100 valence electrons. The van der Waals surface area contributed by atoms with E-state index in [2.05, 4.69) is 6.07 Å². The molecule has 0 N–H and O–H groups in total. The predicted octanol–water partition coefficient (Wildman–Crippen LogP) is 4.10. The Hall–Kier alpha value is -2.38. The van der Waals surface area contributed by atoms with Crippen molar-refractivity contribution in [3.8, 4) is 6.07 Å². The van der Waals surface area contributed by atoms with Crippen LogP contribution in [-0.4, -0.2) is 4.92 Å². The highest BCUT2D eigenvalue weighted by molar-refractivity contribution is 6.32. The van der Waals surface area contributed by atoms with E-state index in [0.717, 1.165) is 11.1 Å². The second-order valence-electron chi connectivity index (χ2n) is 4.34. The van der Waals surface area contributed by atoms with E-state index in [-0.39, 0.29) is 16.6 Å². The first-order valence-corrected chi connectivity index (χ1v) is 6.37. The highest BCUT2D eigenvalue weighted by atomic mass is 35.5. The fourth-order valence-corrected chi connectivity index (χ4v) is 2.17. The van der Waals surface area contributed by atoms with Crippen molar-refractivity contribution in [2.45, 2.75) is 12.3 Å². The molecule has 0 bridgehead atoms. The number of benzene rings is 2. The summed E-state index contributed by atoms with van der Waals surface area (Å²) in [6.07, 6.45) is 0.415. The minimum absolute atomic E-state index is 0.104. The van der Waals surface area contributed by atoms with Crippen LogP contribution in [0.1, 0.15) is 17.0 Å². The van der Waals surface area contributed by atoms with Gasteiger partial charge < -0.3 is 0 Å². The average molecular weight is 287 g/mol. The van der Waals surface area contributed by atoms with E-state index in [1.54, 1.807) is 6.07 Å². The van der Waals surface area contributed by atoms with Crippen LogP contribution in [-0.2, 0) is 6.42 Å². The molecule has 1 unspecified atom stereocenters. The molecule has 20 heavy (non-hydrogen) atoms. The van der Waals surface area contributed by atoms with Gasteiger partial charge in [0.15, 0.2) is 0 Å². The smallest absolute Gasteiger partial charge is 0.258 e. The molecule has 0 heterocycles. The molecule has 2 aromatic carbocycles. The monoisotopic (exact) mass is 286 g/mol. The number of nitro benzene ring substituents is 1. The second-order valence-corrected chi connectivity index (χ2v) is 4.75. The Morgan fingerprint density at radius 3 is 2.55 bits per heavy atom. The normalized spacial score (nSPS) is 11.6. The van der Waals surface area contributed by atoms with Gasteiger partial charge in [0.05, 0.1) is 16.9 Å². The van der Waals surface area contributed by atoms with Gasteiger partial charge in [0.2, 0.25) is 0 Å². The summed E-state index contributed by atoms with van der Waals surface area (Å²) in [5.74, 6) is -0.336. The molecule has 0 radical (unpaired) electrons. The van der Waals surface area contributed by atoms with Crippen LogP contribution >= 0.6 is 11.6 Å². The van der Waals surface area contributed by atoms with Gasteiger partial charge in [-0.3, -0.25) is 10.1 Å². The average Bonchev–Trinajstić information content (AvgIpc) is 2.47. The summed E-state index contributed by atoms with van der Waals surface area (Å²) in [5, 5.41) is 20.2. The lowest BCUT2D eigenvalue weighted by atomic mass is 9.93. The maximum atomic E-state index is 10.9. The molecule has 1 atom stereocenters. The third-order valence-electron chi connectivity index (χ3n) is 3.00. The zero-order valence-electron chi connectivity index (χ0n) is 10.5. The van der Waals surface area contributed by atoms with E-state index in [9.17, 15) is 15.4 Å². The van der Waals surface area contributed by atoms with Gasteiger partial charge in [-0.05, 0) is 23.6 Å². The van der Waals surface area contributed by atoms with Crippen LogP contribution in [0, 0.1) is 21.4 Å². The van der Waals surface area contributed by atoms with Crippen molar-refractivity contribution in [1.29, 1.82) is 5.26 Å². The number of nitrogens with zero attached hydrogens (tertiary/aromatic N) is 2. The molecule has 0 saturated carbocycles. The molecule has 0 aromatic heterocycles. The number of hydrogen-bond acceptors (Lipinski definition) is 3. The van der Waals surface area contributed by atoms with Gasteiger partial charge in [-0.25, -0.2) is 0 Å². The quantitative estimate of drug-likeness (QED) is 0.628. The molecule has 0 saturated heterocycles. The maximum absolute atomic E-state index is 10.9. The van der Waals surface area contributed by atoms with E-state index in [4.69, 9.17) is 11.6 Å². The lowest BCUT2D eigenvalue weighted by Crippen LogP contribution is -2.01. The fraction of sp³-hybridized carbons (Fsp3) is 0.133. The van der Waals surface area contributed by atoms with Crippen molar-refractivity contribution in [2.24, 2.45) is 0 Å². The SMILES string of the molecule is N#CC(Cc1ccc(Cl)c([N+](=O)[O-])c1)c1ccccc1. The Balaban J connectivity index is 2.27. The molecule has 4 nitrogen and oxygen atoms in total. The Labute approximate surface area is 121 Å². The number of halogens is 1. The van der Waals surface area contributed by atoms with Crippen molar-refractivity contribution in [1.82, 2.24) is 0 Å². The highest BCUT2D eigenvalue weighted by Crippen LogP contribution is 2.28. The lowest BCUT2D eigenvalue weighted by Gasteiger charge is -2.09. The highest BCUT2D eigenvalue weighted by Gasteiger charge is 2.16. The van der Waals surface area contributed by atoms with Crippen LogP contribution < -0.4 is 0 Å². The Morgan fingerprint density at radius 2 is 1.95 bits per heavy atom. The number of nitro groups is 1. The summed E-state index contributed by atoms with van der Waals surface area (Å²) in [6, 6.07) is 16.2. The van der Waals surface area contributed by atoms with Crippen molar-refractivity contribution < 1.29 is 4.92 Å². The van der Waals surface area contributed by atoms with Gasteiger partial charge in [0, 0.05) is 6.07 Å². The summed E-state index contributed by atoms with van der Waals surface area (Å²) in [7, 11) is 0. The standard InChI is InChI=1S/C15H11ClN2O2/c16-14-7-6-11(9-15(14)18(19)20)8-13(10-17)12-4-2-1-3-5-12/h1-7,9,13H,8H2. The molecule has 0 amide bonds. The largest absolute Gasteiger partial charge is 0.288 e. The Kier molecular flexibility index (Phi) is 4.34. The molecular formula is C15H11ClN2O2. The number of hydrogen-bond donors (Lipinski definition) is 0. The fourth-order valence-electron chi connectivity index (χ4n) is 1.98. The summed E-state index contributed by atoms with van der Waals surface area (Å²) in [4.78, 5) is 10.3. The maximum Gasteiger partial charge on any atom is 0.288 e. The molecule has 0 aliphatic carbocycles. The number of rotatable bonds is 4. The third kappa shape index (κ3) is 3.14. The molecule has 2 rings (SSSR count). The van der Waals surface area contributed by atoms with Gasteiger partial charge >= 0.3 is 0 Å². The van der Waals surface area contributed by atoms with Crippen molar-refractivity contribution in [3.05, 3.63) is 74.8 Å². The van der Waals surface area contributed by atoms with E-state index in [1.165, 1.54) is 12.1 Å². The minimum Gasteiger partial charge on any atom is -0.258 e. The first-order chi connectivity index (χ1) is 9.61. The zero-order valence-corrected chi connectivity index (χ0v) is 11.2. The van der Waals surface area contributed by atoms with E-state index in [0.29, 0.717) is 6.42 Å². The van der Waals surface area contributed by atoms with Gasteiger partial charge in [0.25, 0.3) is 5.69 Å². The summed E-state index contributed by atoms with van der Waals surface area (Å²) in [5.41, 5.74) is 1.48. The van der Waals surface area contributed by atoms with Gasteiger partial charge in [-0.2, -0.15) is 5.26 Å². The topological polar surface area (TPSA) is 66.9 Å². The van der Waals surface area contributed by atoms with Crippen molar-refractivity contribution in [2.75, 3.05) is 0 Å². The van der Waals surface area contributed by atoms with Crippen LogP contribution in [0.5, 0.6) is 0 Å². The summed E-state index contributed by atoms with van der Waals surface area (Å²) in [6.45, 7) is 0. The minimum atomic E-state index is -0.518. The summed E-state index contributed by atoms with van der Waals surface area (Å²) >= 11 is 5.77. The van der Waals surface area contributed by atoms with Gasteiger partial charge in [-0.1, -0.05) is 48.0 Å². The first kappa shape index (κ1) is 14.0. The molecule has 0 aliphatic heterocycles. The molecule has 0 aliphatic rings. The number of nitriles is 1. The lowest BCUT2D eigenvalue weighted by molar-refractivity contribution is -0.384. The molecular weight excluding hydrogens is 276 g/mol.